The van der Waals surface area contributed by atoms with Crippen LogP contribution in [0.25, 0.3) is 0 Å². The Bertz CT molecular complexity index is 979. The molecule has 40 heavy (non-hydrogen) atoms. The summed E-state index contributed by atoms with van der Waals surface area (Å²) >= 11 is 0. The van der Waals surface area contributed by atoms with Crippen molar-refractivity contribution in [2.24, 2.45) is 35.0 Å². The molecule has 6 aliphatic rings. The number of ether oxygens (including phenoxy) is 2. The number of methoxy groups -OCH3 is 2. The number of hydrogen-bond acceptors (Lipinski definition) is 8. The highest BCUT2D eigenvalue weighted by Gasteiger charge is 2.72. The van der Waals surface area contributed by atoms with Gasteiger partial charge in [-0.05, 0) is 75.0 Å². The van der Waals surface area contributed by atoms with E-state index in [2.05, 4.69) is 49.0 Å². The average Bonchev–Trinajstić information content (AvgIpc) is 3.63. The van der Waals surface area contributed by atoms with Crippen LogP contribution in [0.3, 0.4) is 0 Å². The van der Waals surface area contributed by atoms with Gasteiger partial charge in [-0.1, -0.05) is 40.5 Å². The van der Waals surface area contributed by atoms with Crippen molar-refractivity contribution in [3.8, 4) is 0 Å². The second kappa shape index (κ2) is 10.8. The van der Waals surface area contributed by atoms with Crippen LogP contribution in [0.5, 0.6) is 0 Å². The third-order valence-corrected chi connectivity index (χ3v) is 12.8. The summed E-state index contributed by atoms with van der Waals surface area (Å²) in [6.45, 7) is 9.33. The lowest BCUT2D eigenvalue weighted by Crippen LogP contribution is -2.70. The first kappa shape index (κ1) is 28.9. The molecule has 226 valence electrons. The van der Waals surface area contributed by atoms with Crippen LogP contribution in [-0.2, 0) is 19.1 Å². The van der Waals surface area contributed by atoms with Crippen molar-refractivity contribution in [2.45, 2.75) is 140 Å². The highest BCUT2D eigenvalue weighted by molar-refractivity contribution is 5.91. The van der Waals surface area contributed by atoms with Gasteiger partial charge in [0.15, 0.2) is 0 Å². The van der Waals surface area contributed by atoms with Gasteiger partial charge in [0.1, 0.15) is 11.5 Å². The summed E-state index contributed by atoms with van der Waals surface area (Å²) in [7, 11) is 2.97. The van der Waals surface area contributed by atoms with E-state index in [1.54, 1.807) is 0 Å². The van der Waals surface area contributed by atoms with E-state index in [9.17, 15) is 9.59 Å². The van der Waals surface area contributed by atoms with Gasteiger partial charge in [0.2, 0.25) is 0 Å². The van der Waals surface area contributed by atoms with Crippen molar-refractivity contribution in [1.82, 2.24) is 21.3 Å². The molecule has 5 aliphatic heterocycles. The maximum Gasteiger partial charge on any atom is 0.327 e. The molecule has 1 saturated carbocycles. The topological polar surface area (TPSA) is 101 Å². The molecule has 8 nitrogen and oxygen atoms in total. The Labute approximate surface area is 241 Å². The standard InChI is InChI=1S/C32H54N4O4/c1-17-11-20-14-21-13-19(3)28(35-21)27(29(37)39-5)32(30(38)40-6)31(4)10-8-7-9-23(31)26(36-32)16-25-18(2)12-22(34-25)15-24(17)33-20/h17-28,33-36H,7-16H2,1-6H3. The average molecular weight is 559 g/mol. The van der Waals surface area contributed by atoms with Crippen LogP contribution in [0.1, 0.15) is 91.9 Å². The highest BCUT2D eigenvalue weighted by Crippen LogP contribution is 2.60. The lowest BCUT2D eigenvalue weighted by molar-refractivity contribution is -0.171. The molecule has 5 heterocycles. The molecule has 4 N–H and O–H groups in total. The van der Waals surface area contributed by atoms with Crippen molar-refractivity contribution in [2.75, 3.05) is 14.2 Å². The molecule has 0 spiro atoms. The van der Waals surface area contributed by atoms with Crippen molar-refractivity contribution in [3.05, 3.63) is 0 Å². The molecule has 0 radical (unpaired) electrons. The molecule has 6 fully saturated rings. The molecule has 6 rings (SSSR count). The number of esters is 2. The van der Waals surface area contributed by atoms with E-state index < -0.39 is 16.9 Å². The number of carbonyl (C=O) groups excluding carboxylic acids is 2. The third-order valence-electron chi connectivity index (χ3n) is 12.8. The fourth-order valence-electron chi connectivity index (χ4n) is 10.9. The Balaban J connectivity index is 1.45. The second-order valence-corrected chi connectivity index (χ2v) is 15.0. The first-order chi connectivity index (χ1) is 19.1. The zero-order valence-electron chi connectivity index (χ0n) is 25.6. The van der Waals surface area contributed by atoms with E-state index in [1.165, 1.54) is 39.9 Å². The Hall–Kier alpha value is -1.22. The van der Waals surface area contributed by atoms with Crippen LogP contribution in [0.15, 0.2) is 0 Å². The van der Waals surface area contributed by atoms with Crippen molar-refractivity contribution >= 4 is 11.9 Å². The van der Waals surface area contributed by atoms with Crippen LogP contribution in [0.4, 0.5) is 0 Å². The number of rotatable bonds is 2. The van der Waals surface area contributed by atoms with E-state index >= 15 is 0 Å². The summed E-state index contributed by atoms with van der Waals surface area (Å²) in [6, 6.07) is 2.24. The van der Waals surface area contributed by atoms with Crippen LogP contribution >= 0.6 is 0 Å². The summed E-state index contributed by atoms with van der Waals surface area (Å²) in [5.41, 5.74) is -1.53. The Morgan fingerprint density at radius 1 is 0.725 bits per heavy atom. The van der Waals surface area contributed by atoms with E-state index in [4.69, 9.17) is 9.47 Å². The lowest BCUT2D eigenvalue weighted by atomic mass is 9.54. The van der Waals surface area contributed by atoms with E-state index in [0.29, 0.717) is 48.0 Å². The van der Waals surface area contributed by atoms with Crippen molar-refractivity contribution in [1.29, 1.82) is 0 Å². The molecule has 8 bridgehead atoms. The highest BCUT2D eigenvalue weighted by atomic mass is 16.5. The molecule has 0 aromatic carbocycles. The predicted octanol–water partition coefficient (Wildman–Crippen LogP) is 3.14. The number of nitrogens with one attached hydrogen (secondary N) is 4. The first-order valence-electron chi connectivity index (χ1n) is 16.3. The maximum absolute atomic E-state index is 14.3. The second-order valence-electron chi connectivity index (χ2n) is 15.0. The molecule has 8 heteroatoms. The molecule has 1 aliphatic carbocycles. The number of fused-ring (bicyclic) bond motifs is 11. The maximum atomic E-state index is 14.3. The van der Waals surface area contributed by atoms with Crippen LogP contribution < -0.4 is 21.3 Å². The quantitative estimate of drug-likeness (QED) is 0.384. The summed E-state index contributed by atoms with van der Waals surface area (Å²) in [5, 5.41) is 16.0. The zero-order valence-corrected chi connectivity index (χ0v) is 25.6. The summed E-state index contributed by atoms with van der Waals surface area (Å²) in [6.07, 6.45) is 10.8. The largest absolute Gasteiger partial charge is 0.469 e. The predicted molar refractivity (Wildman–Crippen MR) is 155 cm³/mol. The molecule has 14 unspecified atom stereocenters. The molecule has 14 atom stereocenters. The fraction of sp³-hybridized carbons (Fsp3) is 0.938. The molecule has 5 saturated heterocycles. The first-order valence-corrected chi connectivity index (χ1v) is 16.3. The van der Waals surface area contributed by atoms with Crippen LogP contribution in [0, 0.1) is 35.0 Å². The van der Waals surface area contributed by atoms with Gasteiger partial charge in [0.25, 0.3) is 0 Å². The summed E-state index contributed by atoms with van der Waals surface area (Å²) in [5.74, 6) is 0.544. The minimum atomic E-state index is -1.13. The molecular formula is C32H54N4O4. The SMILES string of the molecule is COC(=O)C1C2NC(CC3CC(C)C(CC4CC(C)C(CC5NC1(C(=O)OC)C1(C)CCCCC51)N4)N3)CC2C. The molecular weight excluding hydrogens is 504 g/mol. The van der Waals surface area contributed by atoms with Gasteiger partial charge in [-0.3, -0.25) is 14.9 Å². The minimum absolute atomic E-state index is 0.142. The Morgan fingerprint density at radius 3 is 2.02 bits per heavy atom. The normalized spacial score (nSPS) is 52.2. The molecule has 0 aromatic heterocycles. The number of hydrogen-bond donors (Lipinski definition) is 4. The van der Waals surface area contributed by atoms with Gasteiger partial charge in [-0.15, -0.1) is 0 Å². The van der Waals surface area contributed by atoms with Gasteiger partial charge in [0.05, 0.1) is 14.2 Å². The Kier molecular flexibility index (Phi) is 7.80. The van der Waals surface area contributed by atoms with Gasteiger partial charge in [-0.25, -0.2) is 0 Å². The van der Waals surface area contributed by atoms with E-state index in [0.717, 1.165) is 38.5 Å². The van der Waals surface area contributed by atoms with Gasteiger partial charge in [-0.2, -0.15) is 0 Å². The van der Waals surface area contributed by atoms with Crippen LogP contribution in [0.2, 0.25) is 0 Å². The fourth-order valence-corrected chi connectivity index (χ4v) is 10.9. The van der Waals surface area contributed by atoms with E-state index in [1.807, 2.05) is 0 Å². The minimum Gasteiger partial charge on any atom is -0.469 e. The monoisotopic (exact) mass is 558 g/mol. The zero-order chi connectivity index (χ0) is 28.4. The van der Waals surface area contributed by atoms with Crippen molar-refractivity contribution in [3.63, 3.8) is 0 Å². The van der Waals surface area contributed by atoms with Gasteiger partial charge >= 0.3 is 11.9 Å². The molecule has 0 amide bonds. The van der Waals surface area contributed by atoms with E-state index in [-0.39, 0.29) is 29.9 Å². The summed E-state index contributed by atoms with van der Waals surface area (Å²) in [4.78, 5) is 28.3. The van der Waals surface area contributed by atoms with Gasteiger partial charge in [0, 0.05) is 47.7 Å². The lowest BCUT2D eigenvalue weighted by Gasteiger charge is -2.50. The molecule has 0 aromatic rings. The van der Waals surface area contributed by atoms with Gasteiger partial charge < -0.3 is 25.4 Å². The third kappa shape index (κ3) is 4.46. The Morgan fingerprint density at radius 2 is 1.35 bits per heavy atom. The smallest absolute Gasteiger partial charge is 0.327 e. The number of carbonyl (C=O) groups is 2. The summed E-state index contributed by atoms with van der Waals surface area (Å²) < 4.78 is 11.2. The van der Waals surface area contributed by atoms with Crippen molar-refractivity contribution < 1.29 is 19.1 Å². The van der Waals surface area contributed by atoms with Crippen LogP contribution in [-0.4, -0.2) is 74.0 Å².